The molecule has 4 heteroatoms. The fourth-order valence-electron chi connectivity index (χ4n) is 1.73. The van der Waals surface area contributed by atoms with Crippen LogP contribution in [0.3, 0.4) is 0 Å². The summed E-state index contributed by atoms with van der Waals surface area (Å²) in [5.41, 5.74) is 1.45. The summed E-state index contributed by atoms with van der Waals surface area (Å²) >= 11 is 0. The van der Waals surface area contributed by atoms with Crippen molar-refractivity contribution < 1.29 is 14.3 Å². The van der Waals surface area contributed by atoms with E-state index >= 15 is 0 Å². The van der Waals surface area contributed by atoms with Crippen LogP contribution in [0.25, 0.3) is 0 Å². The first kappa shape index (κ1) is 8.99. The topological polar surface area (TPSA) is 59.2 Å². The van der Waals surface area contributed by atoms with E-state index < -0.39 is 5.97 Å². The maximum absolute atomic E-state index is 11.5. The van der Waals surface area contributed by atoms with Crippen LogP contribution in [0.2, 0.25) is 0 Å². The second-order valence-corrected chi connectivity index (χ2v) is 3.38. The Morgan fingerprint density at radius 2 is 2.29 bits per heavy atom. The van der Waals surface area contributed by atoms with E-state index in [1.807, 2.05) is 0 Å². The molecule has 1 aliphatic carbocycles. The lowest BCUT2D eigenvalue weighted by Crippen LogP contribution is -2.11. The zero-order valence-electron chi connectivity index (χ0n) is 7.92. The summed E-state index contributed by atoms with van der Waals surface area (Å²) in [6.07, 6.45) is 3.84. The van der Waals surface area contributed by atoms with E-state index in [-0.39, 0.29) is 5.78 Å². The van der Waals surface area contributed by atoms with Gasteiger partial charge in [-0.25, -0.2) is 0 Å². The fraction of sp³-hybridized carbons (Fsp3) is 0.400. The third kappa shape index (κ3) is 1.43. The monoisotopic (exact) mass is 193 g/mol. The number of hydrogen-bond donors (Lipinski definition) is 1. The van der Waals surface area contributed by atoms with Crippen LogP contribution in [-0.4, -0.2) is 16.7 Å². The van der Waals surface area contributed by atoms with Crippen LogP contribution in [0.1, 0.15) is 35.8 Å². The van der Waals surface area contributed by atoms with Crippen LogP contribution in [0.5, 0.6) is 5.75 Å². The van der Waals surface area contributed by atoms with Gasteiger partial charge in [0.25, 0.3) is 0 Å². The molecular weight excluding hydrogens is 182 g/mol. The van der Waals surface area contributed by atoms with Crippen LogP contribution in [0.4, 0.5) is 0 Å². The quantitative estimate of drug-likeness (QED) is 0.687. The third-order valence-corrected chi connectivity index (χ3v) is 2.29. The van der Waals surface area contributed by atoms with Gasteiger partial charge in [0.1, 0.15) is 0 Å². The Labute approximate surface area is 81.3 Å². The van der Waals surface area contributed by atoms with Crippen LogP contribution in [0.15, 0.2) is 6.20 Å². The molecule has 1 heterocycles. The first-order chi connectivity index (χ1) is 6.68. The van der Waals surface area contributed by atoms with Crippen molar-refractivity contribution in [3.8, 4) is 5.75 Å². The van der Waals surface area contributed by atoms with Crippen LogP contribution in [0, 0.1) is 0 Å². The zero-order valence-corrected chi connectivity index (χ0v) is 7.92. The normalized spacial score (nSPS) is 15.1. The largest absolute Gasteiger partial charge is 0.424 e. The van der Waals surface area contributed by atoms with E-state index in [4.69, 9.17) is 4.74 Å². The molecule has 0 saturated carbocycles. The third-order valence-electron chi connectivity index (χ3n) is 2.29. The number of ketones is 1. The van der Waals surface area contributed by atoms with Gasteiger partial charge in [0.15, 0.2) is 11.5 Å². The zero-order chi connectivity index (χ0) is 10.1. The highest BCUT2D eigenvalue weighted by Crippen LogP contribution is 2.29. The Hall–Kier alpha value is -1.58. The number of ether oxygens (including phenoxy) is 1. The lowest BCUT2D eigenvalue weighted by Gasteiger charge is -2.10. The van der Waals surface area contributed by atoms with Crippen molar-refractivity contribution >= 4 is 11.8 Å². The van der Waals surface area contributed by atoms with Gasteiger partial charge in [-0.3, -0.25) is 9.59 Å². The smallest absolute Gasteiger partial charge is 0.308 e. The molecule has 1 N–H and O–H groups in total. The van der Waals surface area contributed by atoms with Crippen molar-refractivity contribution in [3.63, 3.8) is 0 Å². The first-order valence-corrected chi connectivity index (χ1v) is 4.60. The van der Waals surface area contributed by atoms with Crippen LogP contribution in [-0.2, 0) is 11.2 Å². The van der Waals surface area contributed by atoms with Crippen molar-refractivity contribution in [1.29, 1.82) is 0 Å². The van der Waals surface area contributed by atoms with Gasteiger partial charge in [-0.05, 0) is 12.8 Å². The molecule has 0 amide bonds. The number of aromatic nitrogens is 1. The summed E-state index contributed by atoms with van der Waals surface area (Å²) in [6.45, 7) is 1.33. The minimum atomic E-state index is -0.398. The number of aryl methyl sites for hydroxylation is 1. The molecule has 0 aliphatic heterocycles. The molecule has 2 rings (SSSR count). The second-order valence-electron chi connectivity index (χ2n) is 3.38. The molecule has 14 heavy (non-hydrogen) atoms. The van der Waals surface area contributed by atoms with Gasteiger partial charge in [0.2, 0.25) is 0 Å². The van der Waals surface area contributed by atoms with E-state index in [0.29, 0.717) is 17.7 Å². The maximum Gasteiger partial charge on any atom is 0.308 e. The molecule has 1 aromatic heterocycles. The number of hydrogen-bond acceptors (Lipinski definition) is 3. The predicted octanol–water partition coefficient (Wildman–Crippen LogP) is 1.46. The summed E-state index contributed by atoms with van der Waals surface area (Å²) in [6, 6.07) is 0. The summed E-state index contributed by atoms with van der Waals surface area (Å²) in [4.78, 5) is 25.3. The molecule has 1 aliphatic rings. The van der Waals surface area contributed by atoms with Gasteiger partial charge in [-0.1, -0.05) is 0 Å². The Morgan fingerprint density at radius 3 is 3.00 bits per heavy atom. The summed E-state index contributed by atoms with van der Waals surface area (Å²) in [7, 11) is 0. The molecule has 0 bridgehead atoms. The standard InChI is InChI=1S/C10H11NO3/c1-6(12)14-9-5-11-7-3-2-4-8(13)10(7)9/h5,11H,2-4H2,1H3. The van der Waals surface area contributed by atoms with Crippen LogP contribution >= 0.6 is 0 Å². The molecule has 74 valence electrons. The summed E-state index contributed by atoms with van der Waals surface area (Å²) in [5.74, 6) is 0.0334. The molecule has 1 aromatic rings. The number of nitrogens with one attached hydrogen (secondary N) is 1. The van der Waals surface area contributed by atoms with Gasteiger partial charge < -0.3 is 9.72 Å². The SMILES string of the molecule is CC(=O)Oc1c[nH]c2c1C(=O)CCC2. The van der Waals surface area contributed by atoms with E-state index in [1.54, 1.807) is 6.20 Å². The molecule has 0 atom stereocenters. The minimum absolute atomic E-state index is 0.0590. The lowest BCUT2D eigenvalue weighted by molar-refractivity contribution is -0.131. The average Bonchev–Trinajstić information content (AvgIpc) is 2.49. The number of H-pyrrole nitrogens is 1. The molecule has 0 aromatic carbocycles. The number of carbonyl (C=O) groups is 2. The highest BCUT2D eigenvalue weighted by atomic mass is 16.5. The Bertz CT molecular complexity index is 392. The Morgan fingerprint density at radius 1 is 1.50 bits per heavy atom. The van der Waals surface area contributed by atoms with Gasteiger partial charge in [0, 0.05) is 25.2 Å². The number of aromatic amines is 1. The second kappa shape index (κ2) is 3.29. The molecular formula is C10H11NO3. The molecule has 0 saturated heterocycles. The first-order valence-electron chi connectivity index (χ1n) is 4.60. The van der Waals surface area contributed by atoms with Gasteiger partial charge in [0.05, 0.1) is 5.56 Å². The van der Waals surface area contributed by atoms with Gasteiger partial charge >= 0.3 is 5.97 Å². The summed E-state index contributed by atoms with van der Waals surface area (Å²) < 4.78 is 4.93. The predicted molar refractivity (Wildman–Crippen MR) is 49.4 cm³/mol. The summed E-state index contributed by atoms with van der Waals surface area (Å²) in [5, 5.41) is 0. The van der Waals surface area contributed by atoms with Crippen LogP contribution < -0.4 is 4.74 Å². The van der Waals surface area contributed by atoms with Crippen molar-refractivity contribution in [1.82, 2.24) is 4.98 Å². The highest BCUT2D eigenvalue weighted by molar-refractivity contribution is 6.01. The number of Topliss-reactive ketones (excluding diaryl/α,β-unsaturated/α-hetero) is 1. The molecule has 0 radical (unpaired) electrons. The number of rotatable bonds is 1. The highest BCUT2D eigenvalue weighted by Gasteiger charge is 2.24. The Balaban J connectivity index is 2.38. The fourth-order valence-corrected chi connectivity index (χ4v) is 1.73. The van der Waals surface area contributed by atoms with Crippen molar-refractivity contribution in [2.75, 3.05) is 0 Å². The van der Waals surface area contributed by atoms with Crippen molar-refractivity contribution in [3.05, 3.63) is 17.5 Å². The minimum Gasteiger partial charge on any atom is -0.424 e. The van der Waals surface area contributed by atoms with E-state index in [1.165, 1.54) is 6.92 Å². The lowest BCUT2D eigenvalue weighted by atomic mass is 9.96. The molecule has 0 unspecified atom stereocenters. The van der Waals surface area contributed by atoms with Crippen molar-refractivity contribution in [2.24, 2.45) is 0 Å². The van der Waals surface area contributed by atoms with Crippen molar-refractivity contribution in [2.45, 2.75) is 26.2 Å². The number of fused-ring (bicyclic) bond motifs is 1. The molecule has 0 fully saturated rings. The Kier molecular flexibility index (Phi) is 2.11. The molecule has 0 spiro atoms. The number of carbonyl (C=O) groups excluding carboxylic acids is 2. The average molecular weight is 193 g/mol. The van der Waals surface area contributed by atoms with E-state index in [2.05, 4.69) is 4.98 Å². The maximum atomic E-state index is 11.5. The van der Waals surface area contributed by atoms with E-state index in [0.717, 1.165) is 18.5 Å². The van der Waals surface area contributed by atoms with Gasteiger partial charge in [-0.15, -0.1) is 0 Å². The number of esters is 1. The van der Waals surface area contributed by atoms with Gasteiger partial charge in [-0.2, -0.15) is 0 Å². The molecule has 4 nitrogen and oxygen atoms in total. The van der Waals surface area contributed by atoms with E-state index in [9.17, 15) is 9.59 Å².